The number of cyclic esters (lactones) is 2. The van der Waals surface area contributed by atoms with Gasteiger partial charge in [-0.1, -0.05) is 27.7 Å². The van der Waals surface area contributed by atoms with Crippen LogP contribution in [0.2, 0.25) is 0 Å². The molecular weight excluding hydrogens is 464 g/mol. The number of rotatable bonds is 2. The molecule has 0 aromatic carbocycles. The highest BCUT2D eigenvalue weighted by Gasteiger charge is 2.48. The van der Waals surface area contributed by atoms with E-state index in [0.29, 0.717) is 37.5 Å². The summed E-state index contributed by atoms with van der Waals surface area (Å²) in [6.07, 6.45) is 0.888. The average Bonchev–Trinajstić information content (AvgIpc) is 3.71. The fraction of sp³-hybridized carbons (Fsp3) is 0.929. The number of hydrogen-bond donors (Lipinski definition) is 2. The number of hydrogen-bond acceptors (Lipinski definition) is 8. The SMILES string of the molecule is C[C@H]1[C@@H]2CC(=O)O[C@@H]([C@@H]3C[C@H]3C)C[C@@H]3C[C@H](O)[C@@H](C)[C@H](CC(=O)O[C@@H]([C@@H]4C[C@H]4C)C[C@H](C[C@@H]1O)O2)O3. The van der Waals surface area contributed by atoms with Crippen molar-refractivity contribution in [3.05, 3.63) is 0 Å². The molecule has 5 rings (SSSR count). The average molecular weight is 509 g/mol. The first-order chi connectivity index (χ1) is 17.1. The Hall–Kier alpha value is -1.22. The van der Waals surface area contributed by atoms with Crippen LogP contribution >= 0.6 is 0 Å². The molecule has 2 aliphatic carbocycles. The molecule has 4 bridgehead atoms. The lowest BCUT2D eigenvalue weighted by molar-refractivity contribution is -0.184. The van der Waals surface area contributed by atoms with E-state index in [0.717, 1.165) is 12.8 Å². The van der Waals surface area contributed by atoms with Gasteiger partial charge in [-0.15, -0.1) is 0 Å². The fourth-order valence-corrected chi connectivity index (χ4v) is 6.73. The maximum Gasteiger partial charge on any atom is 0.308 e. The van der Waals surface area contributed by atoms with E-state index in [2.05, 4.69) is 13.8 Å². The predicted octanol–water partition coefficient (Wildman–Crippen LogP) is 3.01. The minimum atomic E-state index is -0.581. The molecule has 0 radical (unpaired) electrons. The lowest BCUT2D eigenvalue weighted by atomic mass is 9.86. The molecule has 5 fully saturated rings. The van der Waals surface area contributed by atoms with Gasteiger partial charge in [0.25, 0.3) is 0 Å². The minimum Gasteiger partial charge on any atom is -0.462 e. The second-order valence-corrected chi connectivity index (χ2v) is 12.6. The Morgan fingerprint density at radius 1 is 0.583 bits per heavy atom. The number of carbonyl (C=O) groups is 2. The lowest BCUT2D eigenvalue weighted by Gasteiger charge is -2.41. The molecular formula is C28H44O8. The molecule has 0 spiro atoms. The largest absolute Gasteiger partial charge is 0.462 e. The minimum absolute atomic E-state index is 0.0877. The molecule has 8 heteroatoms. The van der Waals surface area contributed by atoms with Crippen molar-refractivity contribution in [2.75, 3.05) is 0 Å². The van der Waals surface area contributed by atoms with Crippen molar-refractivity contribution >= 4 is 11.9 Å². The van der Waals surface area contributed by atoms with E-state index in [1.165, 1.54) is 0 Å². The zero-order valence-electron chi connectivity index (χ0n) is 22.1. The van der Waals surface area contributed by atoms with Crippen LogP contribution in [0.15, 0.2) is 0 Å². The first kappa shape index (κ1) is 26.4. The predicted molar refractivity (Wildman–Crippen MR) is 130 cm³/mol. The number of aliphatic hydroxyl groups excluding tert-OH is 2. The molecule has 3 aliphatic heterocycles. The molecule has 3 heterocycles. The fourth-order valence-electron chi connectivity index (χ4n) is 6.73. The Kier molecular flexibility index (Phi) is 7.70. The summed E-state index contributed by atoms with van der Waals surface area (Å²) >= 11 is 0. The van der Waals surface area contributed by atoms with Gasteiger partial charge in [-0.25, -0.2) is 0 Å². The summed E-state index contributed by atoms with van der Waals surface area (Å²) in [6.45, 7) is 8.13. The van der Waals surface area contributed by atoms with E-state index in [-0.39, 0.29) is 72.9 Å². The first-order valence-corrected chi connectivity index (χ1v) is 14.1. The van der Waals surface area contributed by atoms with E-state index in [4.69, 9.17) is 18.9 Å². The summed E-state index contributed by atoms with van der Waals surface area (Å²) in [7, 11) is 0. The summed E-state index contributed by atoms with van der Waals surface area (Å²) in [4.78, 5) is 26.2. The van der Waals surface area contributed by atoms with Crippen LogP contribution in [-0.2, 0) is 28.5 Å². The van der Waals surface area contributed by atoms with Crippen LogP contribution in [0.25, 0.3) is 0 Å². The number of esters is 2. The lowest BCUT2D eigenvalue weighted by Crippen LogP contribution is -2.47. The van der Waals surface area contributed by atoms with Crippen molar-refractivity contribution in [1.29, 1.82) is 0 Å². The van der Waals surface area contributed by atoms with Crippen molar-refractivity contribution in [2.45, 2.75) is 128 Å². The molecule has 204 valence electrons. The van der Waals surface area contributed by atoms with Gasteiger partial charge in [0.1, 0.15) is 12.2 Å². The van der Waals surface area contributed by atoms with Crippen LogP contribution < -0.4 is 0 Å². The summed E-state index contributed by atoms with van der Waals surface area (Å²) in [5, 5.41) is 21.5. The van der Waals surface area contributed by atoms with Crippen molar-refractivity contribution < 1.29 is 38.7 Å². The van der Waals surface area contributed by atoms with Crippen LogP contribution in [0, 0.1) is 35.5 Å². The highest BCUT2D eigenvalue weighted by molar-refractivity contribution is 5.71. The maximum atomic E-state index is 13.1. The highest BCUT2D eigenvalue weighted by atomic mass is 16.6. The zero-order valence-corrected chi connectivity index (χ0v) is 22.1. The van der Waals surface area contributed by atoms with Crippen LogP contribution in [0.1, 0.15) is 79.1 Å². The third kappa shape index (κ3) is 5.92. The molecule has 2 N–H and O–H groups in total. The van der Waals surface area contributed by atoms with E-state index < -0.39 is 24.4 Å². The molecule has 0 aromatic heterocycles. The third-order valence-corrected chi connectivity index (χ3v) is 9.72. The molecule has 0 amide bonds. The first-order valence-electron chi connectivity index (χ1n) is 14.1. The molecule has 14 atom stereocenters. The molecule has 8 nitrogen and oxygen atoms in total. The molecule has 3 saturated heterocycles. The van der Waals surface area contributed by atoms with Crippen LogP contribution in [-0.4, -0.2) is 71.0 Å². The van der Waals surface area contributed by atoms with E-state index in [1.54, 1.807) is 0 Å². The van der Waals surface area contributed by atoms with Crippen LogP contribution in [0.3, 0.4) is 0 Å². The number of aliphatic hydroxyl groups is 2. The van der Waals surface area contributed by atoms with Gasteiger partial charge in [0.15, 0.2) is 0 Å². The summed E-state index contributed by atoms with van der Waals surface area (Å²) in [6, 6.07) is 0. The molecule has 5 aliphatic rings. The summed E-state index contributed by atoms with van der Waals surface area (Å²) in [5.74, 6) is 0.513. The Morgan fingerprint density at radius 3 is 1.28 bits per heavy atom. The summed E-state index contributed by atoms with van der Waals surface area (Å²) < 4.78 is 24.7. The third-order valence-electron chi connectivity index (χ3n) is 9.72. The molecule has 2 saturated carbocycles. The van der Waals surface area contributed by atoms with Gasteiger partial charge >= 0.3 is 11.9 Å². The molecule has 36 heavy (non-hydrogen) atoms. The second-order valence-electron chi connectivity index (χ2n) is 12.6. The monoisotopic (exact) mass is 508 g/mol. The van der Waals surface area contributed by atoms with Gasteiger partial charge in [-0.05, 0) is 36.5 Å². The quantitative estimate of drug-likeness (QED) is 0.548. The van der Waals surface area contributed by atoms with Crippen LogP contribution in [0.4, 0.5) is 0 Å². The van der Waals surface area contributed by atoms with Crippen molar-refractivity contribution in [3.63, 3.8) is 0 Å². The van der Waals surface area contributed by atoms with Gasteiger partial charge in [-0.2, -0.15) is 0 Å². The van der Waals surface area contributed by atoms with Gasteiger partial charge in [0.2, 0.25) is 0 Å². The normalized spacial score (nSPS) is 52.2. The number of fused-ring (bicyclic) bond motifs is 4. The Bertz CT molecular complexity index is 751. The van der Waals surface area contributed by atoms with Crippen molar-refractivity contribution in [3.8, 4) is 0 Å². The zero-order chi connectivity index (χ0) is 25.7. The van der Waals surface area contributed by atoms with Gasteiger partial charge in [0, 0.05) is 37.5 Å². The Labute approximate surface area is 214 Å². The molecule has 0 aromatic rings. The van der Waals surface area contributed by atoms with Gasteiger partial charge in [-0.3, -0.25) is 9.59 Å². The van der Waals surface area contributed by atoms with Gasteiger partial charge in [0.05, 0.1) is 49.5 Å². The van der Waals surface area contributed by atoms with E-state index >= 15 is 0 Å². The topological polar surface area (TPSA) is 112 Å². The Morgan fingerprint density at radius 2 is 0.944 bits per heavy atom. The summed E-state index contributed by atoms with van der Waals surface area (Å²) in [5.41, 5.74) is 0. The standard InChI is InChI=1S/C28H44O8/c1-13-5-19(13)25-9-17-7-21(29)15(3)24(33-17)12-28(32)36-26(20-6-14(20)2)10-18-8-22(30)16(4)23(34-18)11-27(31)35-25/h13-26,29-30H,5-12H2,1-4H3/t13-,14-,15-,16-,17+,18+,19-,20-,21+,22+,23+,24+,25-,26-/m1/s1. The van der Waals surface area contributed by atoms with E-state index in [1.807, 2.05) is 13.8 Å². The molecule has 0 unspecified atom stereocenters. The smallest absolute Gasteiger partial charge is 0.308 e. The van der Waals surface area contributed by atoms with E-state index in [9.17, 15) is 19.8 Å². The van der Waals surface area contributed by atoms with Crippen molar-refractivity contribution in [2.24, 2.45) is 35.5 Å². The van der Waals surface area contributed by atoms with Crippen LogP contribution in [0.5, 0.6) is 0 Å². The number of ether oxygens (including phenoxy) is 4. The van der Waals surface area contributed by atoms with Gasteiger partial charge < -0.3 is 29.2 Å². The van der Waals surface area contributed by atoms with Crippen molar-refractivity contribution in [1.82, 2.24) is 0 Å². The second kappa shape index (κ2) is 10.5. The Balaban J connectivity index is 1.38. The maximum absolute atomic E-state index is 13.1. The number of carbonyl (C=O) groups excluding carboxylic acids is 2. The highest BCUT2D eigenvalue weighted by Crippen LogP contribution is 2.46.